The summed E-state index contributed by atoms with van der Waals surface area (Å²) in [6.45, 7) is 1.21. The molecule has 0 saturated carbocycles. The molecule has 0 aliphatic carbocycles. The van der Waals surface area contributed by atoms with Crippen LogP contribution in [0.4, 0.5) is 0 Å². The number of H-pyrrole nitrogens is 1. The van der Waals surface area contributed by atoms with E-state index >= 15 is 0 Å². The fraction of sp³-hybridized carbons (Fsp3) is 0.318. The van der Waals surface area contributed by atoms with Crippen LogP contribution < -0.4 is 0 Å². The predicted octanol–water partition coefficient (Wildman–Crippen LogP) is 4.02. The number of carbonyl (C=O) groups is 1. The van der Waals surface area contributed by atoms with E-state index in [0.29, 0.717) is 19.0 Å². The summed E-state index contributed by atoms with van der Waals surface area (Å²) in [5.74, 6) is 0.169. The smallest absolute Gasteiger partial charge is 0.266 e. The highest BCUT2D eigenvalue weighted by Gasteiger charge is 2.29. The maximum Gasteiger partial charge on any atom is 0.266 e. The lowest BCUT2D eigenvalue weighted by Gasteiger charge is -2.32. The van der Waals surface area contributed by atoms with Gasteiger partial charge in [0, 0.05) is 42.8 Å². The molecule has 1 saturated heterocycles. The average molecular weight is 462 g/mol. The number of hydroxylamine groups is 1. The van der Waals surface area contributed by atoms with Gasteiger partial charge < -0.3 is 9.88 Å². The first-order valence-electron chi connectivity index (χ1n) is 10.0. The molecule has 164 valence electrons. The summed E-state index contributed by atoms with van der Waals surface area (Å²) in [6, 6.07) is 12.5. The van der Waals surface area contributed by atoms with Crippen LogP contribution in [0.1, 0.15) is 34.7 Å². The number of benzene rings is 2. The van der Waals surface area contributed by atoms with E-state index in [1.54, 1.807) is 11.0 Å². The van der Waals surface area contributed by atoms with Crippen LogP contribution in [-0.4, -0.2) is 55.9 Å². The van der Waals surface area contributed by atoms with Crippen LogP contribution in [0.3, 0.4) is 0 Å². The number of fused-ring (bicyclic) bond motifs is 1. The van der Waals surface area contributed by atoms with Crippen molar-refractivity contribution in [1.29, 1.82) is 0 Å². The van der Waals surface area contributed by atoms with Crippen LogP contribution in [0.15, 0.2) is 53.6 Å². The molecule has 0 radical (unpaired) electrons. The van der Waals surface area contributed by atoms with E-state index in [1.807, 2.05) is 12.1 Å². The summed E-state index contributed by atoms with van der Waals surface area (Å²) in [6.07, 6.45) is 3.76. The first kappa shape index (κ1) is 21.8. The Balaban J connectivity index is 1.51. The highest BCUT2D eigenvalue weighted by molar-refractivity contribution is 7.89. The summed E-state index contributed by atoms with van der Waals surface area (Å²) in [5, 5.41) is 1.26. The number of hydrogen-bond acceptors (Lipinski definition) is 4. The third-order valence-electron chi connectivity index (χ3n) is 5.89. The molecule has 1 amide bonds. The molecule has 0 unspecified atom stereocenters. The molecule has 1 aliphatic rings. The molecule has 0 spiro atoms. The zero-order chi connectivity index (χ0) is 22.2. The number of piperidine rings is 1. The molecule has 2 heterocycles. The molecular formula is C22H24ClN3O4S. The van der Waals surface area contributed by atoms with Crippen molar-refractivity contribution >= 4 is 38.4 Å². The van der Waals surface area contributed by atoms with E-state index in [0.717, 1.165) is 22.8 Å². The number of hydrogen-bond donors (Lipinski definition) is 1. The molecule has 1 N–H and O–H groups in total. The summed E-state index contributed by atoms with van der Waals surface area (Å²) in [7, 11) is -1.44. The second-order valence-corrected chi connectivity index (χ2v) is 9.91. The number of carbonyl (C=O) groups excluding carboxylic acids is 1. The molecular weight excluding hydrogens is 438 g/mol. The minimum Gasteiger partial charge on any atom is -0.361 e. The van der Waals surface area contributed by atoms with Crippen molar-refractivity contribution in [2.75, 3.05) is 27.2 Å². The van der Waals surface area contributed by atoms with Gasteiger partial charge in [-0.1, -0.05) is 34.3 Å². The summed E-state index contributed by atoms with van der Waals surface area (Å²) >= 11 is 6.11. The molecule has 3 aromatic rings. The number of likely N-dealkylation sites (tertiary alicyclic amines) is 1. The van der Waals surface area contributed by atoms with Crippen LogP contribution in [0, 0.1) is 0 Å². The van der Waals surface area contributed by atoms with Gasteiger partial charge in [-0.05, 0) is 48.6 Å². The first-order chi connectivity index (χ1) is 14.8. The van der Waals surface area contributed by atoms with Crippen molar-refractivity contribution in [2.24, 2.45) is 0 Å². The highest BCUT2D eigenvalue weighted by atomic mass is 35.5. The Morgan fingerprint density at radius 2 is 1.90 bits per heavy atom. The number of rotatable bonds is 5. The van der Waals surface area contributed by atoms with E-state index in [9.17, 15) is 13.2 Å². The fourth-order valence-corrected chi connectivity index (χ4v) is 5.55. The number of sulfonamides is 1. The van der Waals surface area contributed by atoms with Crippen molar-refractivity contribution < 1.29 is 18.0 Å². The van der Waals surface area contributed by atoms with E-state index in [1.165, 1.54) is 37.2 Å². The third kappa shape index (κ3) is 4.08. The lowest BCUT2D eigenvalue weighted by molar-refractivity contribution is -0.0258. The van der Waals surface area contributed by atoms with Crippen LogP contribution in [0.2, 0.25) is 5.02 Å². The Kier molecular flexibility index (Phi) is 6.07. The Morgan fingerprint density at radius 3 is 2.61 bits per heavy atom. The van der Waals surface area contributed by atoms with Crippen molar-refractivity contribution in [3.05, 3.63) is 64.8 Å². The normalized spacial score (nSPS) is 15.7. The Bertz CT molecular complexity index is 1220. The lowest BCUT2D eigenvalue weighted by Crippen LogP contribution is -2.38. The van der Waals surface area contributed by atoms with E-state index in [4.69, 9.17) is 16.4 Å². The number of nitrogens with zero attached hydrogens (tertiary/aromatic N) is 2. The minimum atomic E-state index is -3.96. The number of aromatic amines is 1. The molecule has 0 atom stereocenters. The Hall–Kier alpha value is -2.39. The van der Waals surface area contributed by atoms with Gasteiger partial charge in [-0.3, -0.25) is 9.63 Å². The van der Waals surface area contributed by atoms with Gasteiger partial charge in [0.15, 0.2) is 0 Å². The molecule has 2 aromatic carbocycles. The number of aromatic nitrogens is 1. The van der Waals surface area contributed by atoms with E-state index < -0.39 is 10.0 Å². The first-order valence-corrected chi connectivity index (χ1v) is 11.8. The summed E-state index contributed by atoms with van der Waals surface area (Å²) < 4.78 is 25.9. The quantitative estimate of drug-likeness (QED) is 0.581. The van der Waals surface area contributed by atoms with Crippen molar-refractivity contribution in [1.82, 2.24) is 14.4 Å². The van der Waals surface area contributed by atoms with Gasteiger partial charge in [0.25, 0.3) is 15.9 Å². The summed E-state index contributed by atoms with van der Waals surface area (Å²) in [5.41, 5.74) is 2.69. The van der Waals surface area contributed by atoms with Crippen LogP contribution in [-0.2, 0) is 14.9 Å². The summed E-state index contributed by atoms with van der Waals surface area (Å²) in [4.78, 5) is 22.8. The molecule has 31 heavy (non-hydrogen) atoms. The Labute approximate surface area is 186 Å². The van der Waals surface area contributed by atoms with Crippen LogP contribution in [0.25, 0.3) is 10.9 Å². The fourth-order valence-electron chi connectivity index (χ4n) is 4.08. The molecule has 4 rings (SSSR count). The molecule has 9 heteroatoms. The predicted molar refractivity (Wildman–Crippen MR) is 120 cm³/mol. The van der Waals surface area contributed by atoms with Gasteiger partial charge in [0.05, 0.1) is 12.1 Å². The largest absolute Gasteiger partial charge is 0.361 e. The maximum atomic E-state index is 13.1. The Morgan fingerprint density at radius 1 is 1.19 bits per heavy atom. The number of halogens is 1. The second kappa shape index (κ2) is 8.63. The average Bonchev–Trinajstić information content (AvgIpc) is 3.22. The lowest BCUT2D eigenvalue weighted by atomic mass is 9.89. The SMILES string of the molecule is CON(C)S(=O)(=O)c1cc(C(=O)N2CCC(c3c[nH]c4ccccc34)CC2)ccc1Cl. The van der Waals surface area contributed by atoms with Gasteiger partial charge in [0.1, 0.15) is 4.90 Å². The highest BCUT2D eigenvalue weighted by Crippen LogP contribution is 2.34. The number of nitrogens with one attached hydrogen (secondary N) is 1. The molecule has 1 aliphatic heterocycles. The van der Waals surface area contributed by atoms with Crippen LogP contribution in [0.5, 0.6) is 0 Å². The molecule has 7 nitrogen and oxygen atoms in total. The standard InChI is InChI=1S/C22H24ClN3O4S/c1-25(30-2)31(28,29)21-13-16(7-8-19(21)23)22(27)26-11-9-15(10-12-26)18-14-24-20-6-4-3-5-17(18)20/h3-8,13-15,24H,9-12H2,1-2H3. The van der Waals surface area contributed by atoms with Gasteiger partial charge in [0.2, 0.25) is 0 Å². The molecule has 0 bridgehead atoms. The monoisotopic (exact) mass is 461 g/mol. The zero-order valence-corrected chi connectivity index (χ0v) is 18.9. The van der Waals surface area contributed by atoms with Crippen molar-refractivity contribution in [3.63, 3.8) is 0 Å². The topological polar surface area (TPSA) is 82.7 Å². The zero-order valence-electron chi connectivity index (χ0n) is 17.3. The van der Waals surface area contributed by atoms with Crippen LogP contribution >= 0.6 is 11.6 Å². The number of amides is 1. The second-order valence-electron chi connectivity index (χ2n) is 7.60. The van der Waals surface area contributed by atoms with E-state index in [2.05, 4.69) is 23.3 Å². The van der Waals surface area contributed by atoms with Gasteiger partial charge in [-0.2, -0.15) is 0 Å². The maximum absolute atomic E-state index is 13.1. The molecule has 1 aromatic heterocycles. The van der Waals surface area contributed by atoms with Crippen molar-refractivity contribution in [3.8, 4) is 0 Å². The van der Waals surface area contributed by atoms with Gasteiger partial charge in [-0.15, -0.1) is 0 Å². The van der Waals surface area contributed by atoms with Gasteiger partial charge >= 0.3 is 0 Å². The molecule has 1 fully saturated rings. The van der Waals surface area contributed by atoms with Crippen molar-refractivity contribution in [2.45, 2.75) is 23.7 Å². The van der Waals surface area contributed by atoms with E-state index in [-0.39, 0.29) is 21.4 Å². The number of para-hydroxylation sites is 1. The van der Waals surface area contributed by atoms with Gasteiger partial charge in [-0.25, -0.2) is 8.42 Å². The third-order valence-corrected chi connectivity index (χ3v) is 8.06. The minimum absolute atomic E-state index is 0.0403.